The highest BCUT2D eigenvalue weighted by molar-refractivity contribution is 8.00. The van der Waals surface area contributed by atoms with Gasteiger partial charge in [-0.1, -0.05) is 103 Å². The standard InChI is InChI=1S/C44H35N3O4S/c1-30(48)32-21-23-37(24-22-32)46-44(51)41(35-13-7-3-8-14-35)52-39-27-25-38(26-28-39)45-43(50)40(47-42(49)36-15-9-4-10-16-36)29-31-17-19-34(20-18-31)33-11-5-2-6-12-33/h2-29,41H,1H3,(H,45,50)(H,46,51)(H,47,49)/b40-29-. The summed E-state index contributed by atoms with van der Waals surface area (Å²) in [4.78, 5) is 52.9. The third kappa shape index (κ3) is 9.38. The van der Waals surface area contributed by atoms with Crippen molar-refractivity contribution in [2.24, 2.45) is 0 Å². The summed E-state index contributed by atoms with van der Waals surface area (Å²) in [6, 6.07) is 49.9. The fourth-order valence-electron chi connectivity index (χ4n) is 5.36. The van der Waals surface area contributed by atoms with Gasteiger partial charge in [0.05, 0.1) is 0 Å². The number of Topliss-reactive ketones (excluding diaryl/α,β-unsaturated/α-hetero) is 1. The average molecular weight is 702 g/mol. The van der Waals surface area contributed by atoms with Crippen molar-refractivity contribution in [3.8, 4) is 11.1 Å². The number of rotatable bonds is 12. The third-order valence-electron chi connectivity index (χ3n) is 8.12. The molecule has 0 heterocycles. The number of carbonyl (C=O) groups excluding carboxylic acids is 4. The lowest BCUT2D eigenvalue weighted by Crippen LogP contribution is -2.30. The molecule has 0 aliphatic rings. The number of anilines is 2. The lowest BCUT2D eigenvalue weighted by atomic mass is 10.0. The van der Waals surface area contributed by atoms with Gasteiger partial charge in [0.15, 0.2) is 5.78 Å². The lowest BCUT2D eigenvalue weighted by Gasteiger charge is -2.18. The predicted octanol–water partition coefficient (Wildman–Crippen LogP) is 9.44. The van der Waals surface area contributed by atoms with Crippen LogP contribution in [0.4, 0.5) is 11.4 Å². The Balaban J connectivity index is 1.18. The Morgan fingerprint density at radius 3 is 1.71 bits per heavy atom. The van der Waals surface area contributed by atoms with E-state index in [0.717, 1.165) is 27.1 Å². The quantitative estimate of drug-likeness (QED) is 0.0670. The van der Waals surface area contributed by atoms with E-state index >= 15 is 0 Å². The third-order valence-corrected chi connectivity index (χ3v) is 9.39. The van der Waals surface area contributed by atoms with Crippen LogP contribution in [0, 0.1) is 0 Å². The summed E-state index contributed by atoms with van der Waals surface area (Å²) >= 11 is 1.37. The van der Waals surface area contributed by atoms with Crippen molar-refractivity contribution >= 4 is 52.7 Å². The van der Waals surface area contributed by atoms with E-state index < -0.39 is 17.1 Å². The molecule has 0 saturated heterocycles. The Hall–Kier alpha value is -6.51. The molecule has 3 N–H and O–H groups in total. The molecule has 256 valence electrons. The van der Waals surface area contributed by atoms with Gasteiger partial charge in [0.2, 0.25) is 5.91 Å². The zero-order valence-corrected chi connectivity index (χ0v) is 29.1. The van der Waals surface area contributed by atoms with Crippen LogP contribution in [0.2, 0.25) is 0 Å². The Bertz CT molecular complexity index is 2190. The molecule has 0 fully saturated rings. The number of thioether (sulfide) groups is 1. The number of carbonyl (C=O) groups is 4. The van der Waals surface area contributed by atoms with E-state index in [-0.39, 0.29) is 17.4 Å². The van der Waals surface area contributed by atoms with Crippen LogP contribution in [0.1, 0.15) is 44.0 Å². The summed E-state index contributed by atoms with van der Waals surface area (Å²) in [5.41, 5.74) is 5.84. The van der Waals surface area contributed by atoms with Crippen LogP contribution in [0.5, 0.6) is 0 Å². The molecule has 6 aromatic carbocycles. The largest absolute Gasteiger partial charge is 0.325 e. The Morgan fingerprint density at radius 1 is 0.558 bits per heavy atom. The summed E-state index contributed by atoms with van der Waals surface area (Å²) in [5, 5.41) is 8.08. The molecule has 0 radical (unpaired) electrons. The van der Waals surface area contributed by atoms with E-state index in [1.165, 1.54) is 18.7 Å². The van der Waals surface area contributed by atoms with Crippen molar-refractivity contribution in [1.82, 2.24) is 5.32 Å². The number of amides is 3. The van der Waals surface area contributed by atoms with Gasteiger partial charge in [0.1, 0.15) is 10.9 Å². The average Bonchev–Trinajstić information content (AvgIpc) is 3.18. The molecule has 0 aliphatic heterocycles. The molecule has 6 rings (SSSR count). The topological polar surface area (TPSA) is 104 Å². The summed E-state index contributed by atoms with van der Waals surface area (Å²) < 4.78 is 0. The second-order valence-corrected chi connectivity index (χ2v) is 13.1. The number of hydrogen-bond acceptors (Lipinski definition) is 5. The maximum atomic E-state index is 13.7. The number of benzene rings is 6. The van der Waals surface area contributed by atoms with E-state index in [4.69, 9.17) is 0 Å². The van der Waals surface area contributed by atoms with Crippen molar-refractivity contribution in [3.63, 3.8) is 0 Å². The molecule has 3 amide bonds. The van der Waals surface area contributed by atoms with Gasteiger partial charge in [0, 0.05) is 27.4 Å². The van der Waals surface area contributed by atoms with Crippen LogP contribution < -0.4 is 16.0 Å². The van der Waals surface area contributed by atoms with Crippen LogP contribution in [0.25, 0.3) is 17.2 Å². The minimum atomic E-state index is -0.579. The zero-order chi connectivity index (χ0) is 36.3. The first kappa shape index (κ1) is 35.3. The lowest BCUT2D eigenvalue weighted by molar-refractivity contribution is -0.116. The van der Waals surface area contributed by atoms with Gasteiger partial charge in [0.25, 0.3) is 11.8 Å². The van der Waals surface area contributed by atoms with Crippen molar-refractivity contribution in [2.45, 2.75) is 17.1 Å². The van der Waals surface area contributed by atoms with Crippen molar-refractivity contribution < 1.29 is 19.2 Å². The summed E-state index contributed by atoms with van der Waals surface area (Å²) in [6.45, 7) is 1.50. The Kier molecular flexibility index (Phi) is 11.5. The van der Waals surface area contributed by atoms with Gasteiger partial charge in [-0.3, -0.25) is 19.2 Å². The smallest absolute Gasteiger partial charge is 0.272 e. The molecule has 1 unspecified atom stereocenters. The first-order chi connectivity index (χ1) is 25.3. The molecule has 6 aromatic rings. The normalized spacial score (nSPS) is 11.6. The monoisotopic (exact) mass is 701 g/mol. The maximum absolute atomic E-state index is 13.7. The molecule has 1 atom stereocenters. The highest BCUT2D eigenvalue weighted by Crippen LogP contribution is 2.37. The molecule has 0 bridgehead atoms. The minimum absolute atomic E-state index is 0.0479. The molecule has 52 heavy (non-hydrogen) atoms. The first-order valence-corrected chi connectivity index (χ1v) is 17.5. The Labute approximate surface area is 306 Å². The molecule has 0 aromatic heterocycles. The number of hydrogen-bond donors (Lipinski definition) is 3. The van der Waals surface area contributed by atoms with Gasteiger partial charge < -0.3 is 16.0 Å². The second-order valence-electron chi connectivity index (χ2n) is 11.9. The summed E-state index contributed by atoms with van der Waals surface area (Å²) in [5.74, 6) is -1.16. The molecule has 0 saturated carbocycles. The molecule has 0 aliphatic carbocycles. The van der Waals surface area contributed by atoms with Crippen LogP contribution >= 0.6 is 11.8 Å². The van der Waals surface area contributed by atoms with E-state index in [1.807, 2.05) is 103 Å². The predicted molar refractivity (Wildman–Crippen MR) is 209 cm³/mol. The number of nitrogens with one attached hydrogen (secondary N) is 3. The maximum Gasteiger partial charge on any atom is 0.272 e. The molecule has 7 nitrogen and oxygen atoms in total. The van der Waals surface area contributed by atoms with Gasteiger partial charge in [-0.2, -0.15) is 0 Å². The van der Waals surface area contributed by atoms with Crippen molar-refractivity contribution in [3.05, 3.63) is 192 Å². The highest BCUT2D eigenvalue weighted by Gasteiger charge is 2.23. The Morgan fingerprint density at radius 2 is 1.10 bits per heavy atom. The molecule has 0 spiro atoms. The fourth-order valence-corrected chi connectivity index (χ4v) is 6.38. The summed E-state index contributed by atoms with van der Waals surface area (Å²) in [7, 11) is 0. The van der Waals surface area contributed by atoms with Crippen molar-refractivity contribution in [1.29, 1.82) is 0 Å². The summed E-state index contributed by atoms with van der Waals surface area (Å²) in [6.07, 6.45) is 1.64. The van der Waals surface area contributed by atoms with Crippen LogP contribution in [-0.4, -0.2) is 23.5 Å². The number of ketones is 1. The van der Waals surface area contributed by atoms with Gasteiger partial charge in [-0.15, -0.1) is 11.8 Å². The van der Waals surface area contributed by atoms with Crippen LogP contribution in [0.3, 0.4) is 0 Å². The van der Waals surface area contributed by atoms with Crippen LogP contribution in [0.15, 0.2) is 174 Å². The van der Waals surface area contributed by atoms with E-state index in [2.05, 4.69) is 16.0 Å². The first-order valence-electron chi connectivity index (χ1n) is 16.6. The highest BCUT2D eigenvalue weighted by atomic mass is 32.2. The van der Waals surface area contributed by atoms with Gasteiger partial charge in [-0.25, -0.2) is 0 Å². The van der Waals surface area contributed by atoms with Crippen LogP contribution in [-0.2, 0) is 9.59 Å². The zero-order valence-electron chi connectivity index (χ0n) is 28.3. The van der Waals surface area contributed by atoms with Gasteiger partial charge in [-0.05, 0) is 95.9 Å². The molecular formula is C44H35N3O4S. The van der Waals surface area contributed by atoms with Gasteiger partial charge >= 0.3 is 0 Å². The fraction of sp³-hybridized carbons (Fsp3) is 0.0455. The molecule has 8 heteroatoms. The van der Waals surface area contributed by atoms with E-state index in [9.17, 15) is 19.2 Å². The SMILES string of the molecule is CC(=O)c1ccc(NC(=O)C(Sc2ccc(NC(=O)/C(=C/c3ccc(-c4ccccc4)cc3)NC(=O)c3ccccc3)cc2)c2ccccc2)cc1. The van der Waals surface area contributed by atoms with Crippen molar-refractivity contribution in [2.75, 3.05) is 10.6 Å². The molecular weight excluding hydrogens is 667 g/mol. The minimum Gasteiger partial charge on any atom is -0.325 e. The van der Waals surface area contributed by atoms with E-state index in [1.54, 1.807) is 66.7 Å². The van der Waals surface area contributed by atoms with E-state index in [0.29, 0.717) is 22.5 Å². The second kappa shape index (κ2) is 16.9.